The van der Waals surface area contributed by atoms with Crippen molar-refractivity contribution in [3.05, 3.63) is 41.6 Å². The molecule has 2 rings (SSSR count). The van der Waals surface area contributed by atoms with E-state index in [0.717, 1.165) is 37.5 Å². The molecule has 0 radical (unpaired) electrons. The van der Waals surface area contributed by atoms with Crippen LogP contribution in [0.4, 0.5) is 5.82 Å². The zero-order chi connectivity index (χ0) is 23.3. The second kappa shape index (κ2) is 15.5. The zero-order valence-corrected chi connectivity index (χ0v) is 22.3. The molecule has 0 fully saturated rings. The number of hydrogen-bond acceptors (Lipinski definition) is 5. The molecule has 8 nitrogen and oxygen atoms in total. The van der Waals surface area contributed by atoms with Crippen molar-refractivity contribution < 1.29 is 5.11 Å². The molecule has 0 bridgehead atoms. The van der Waals surface area contributed by atoms with Gasteiger partial charge in [-0.05, 0) is 56.6 Å². The van der Waals surface area contributed by atoms with Crippen molar-refractivity contribution in [3.63, 3.8) is 0 Å². The zero-order valence-electron chi connectivity index (χ0n) is 19.9. The lowest BCUT2D eigenvalue weighted by Crippen LogP contribution is -2.38. The smallest absolute Gasteiger partial charge is 0.191 e. The fourth-order valence-corrected chi connectivity index (χ4v) is 3.70. The van der Waals surface area contributed by atoms with Crippen LogP contribution in [0, 0.1) is 23.2 Å². The van der Waals surface area contributed by atoms with Gasteiger partial charge in [-0.2, -0.15) is 10.4 Å². The summed E-state index contributed by atoms with van der Waals surface area (Å²) in [6, 6.07) is 11.8. The van der Waals surface area contributed by atoms with E-state index in [1.54, 1.807) is 4.68 Å². The van der Waals surface area contributed by atoms with Crippen molar-refractivity contribution in [2.24, 2.45) is 16.8 Å². The summed E-state index contributed by atoms with van der Waals surface area (Å²) in [4.78, 5) is 4.71. The first kappa shape index (κ1) is 28.7. The minimum Gasteiger partial charge on any atom is -0.396 e. The van der Waals surface area contributed by atoms with Gasteiger partial charge in [0.15, 0.2) is 5.96 Å². The summed E-state index contributed by atoms with van der Waals surface area (Å²) < 4.78 is 1.63. The lowest BCUT2D eigenvalue weighted by molar-refractivity contribution is 0.245. The lowest BCUT2D eigenvalue weighted by atomic mass is 9.94. The maximum Gasteiger partial charge on any atom is 0.191 e. The molecule has 0 saturated heterocycles. The van der Waals surface area contributed by atoms with Gasteiger partial charge in [0.25, 0.3) is 0 Å². The van der Waals surface area contributed by atoms with Crippen molar-refractivity contribution in [1.29, 1.82) is 5.26 Å². The van der Waals surface area contributed by atoms with Gasteiger partial charge < -0.3 is 21.5 Å². The lowest BCUT2D eigenvalue weighted by Gasteiger charge is -2.17. The van der Waals surface area contributed by atoms with Gasteiger partial charge in [-0.3, -0.25) is 4.99 Å². The van der Waals surface area contributed by atoms with Crippen LogP contribution in [-0.4, -0.2) is 47.1 Å². The monoisotopic (exact) mass is 567 g/mol. The molecular weight excluding hydrogens is 529 g/mol. The van der Waals surface area contributed by atoms with E-state index >= 15 is 0 Å². The highest BCUT2D eigenvalue weighted by atomic mass is 127. The SMILES string of the molecule is CCNC(=NCC(CCO)CC(C)C)NCCCc1nn(-c2ccccc2)c(N)c1C#N.I. The third-order valence-corrected chi connectivity index (χ3v) is 5.18. The molecule has 0 aliphatic carbocycles. The standard InChI is InChI=1S/C24H37N7O.HI/c1-4-27-24(29-17-19(12-14-32)15-18(2)3)28-13-8-11-22-21(16-25)23(26)31(30-22)20-9-6-5-7-10-20;/h5-7,9-10,18-19,32H,4,8,11-15,17,26H2,1-3H3,(H2,27,28,29);1H. The predicted molar refractivity (Wildman–Crippen MR) is 145 cm³/mol. The first-order valence-corrected chi connectivity index (χ1v) is 11.5. The van der Waals surface area contributed by atoms with E-state index in [1.165, 1.54) is 0 Å². The molecule has 1 aromatic carbocycles. The molecule has 1 atom stereocenters. The Morgan fingerprint density at radius 1 is 1.27 bits per heavy atom. The van der Waals surface area contributed by atoms with E-state index in [9.17, 15) is 10.4 Å². The maximum absolute atomic E-state index is 9.56. The molecule has 5 N–H and O–H groups in total. The Morgan fingerprint density at radius 3 is 2.61 bits per heavy atom. The number of nitrogens with one attached hydrogen (secondary N) is 2. The second-order valence-electron chi connectivity index (χ2n) is 8.32. The first-order chi connectivity index (χ1) is 15.5. The van der Waals surface area contributed by atoms with Crippen LogP contribution in [-0.2, 0) is 6.42 Å². The van der Waals surface area contributed by atoms with Crippen LogP contribution in [0.5, 0.6) is 0 Å². The summed E-state index contributed by atoms with van der Waals surface area (Å²) in [5, 5.41) is 30.1. The van der Waals surface area contributed by atoms with E-state index in [-0.39, 0.29) is 30.6 Å². The Bertz CT molecular complexity index is 890. The number of rotatable bonds is 12. The number of para-hydroxylation sites is 1. The number of nitrogen functional groups attached to an aromatic ring is 1. The van der Waals surface area contributed by atoms with Gasteiger partial charge in [-0.15, -0.1) is 24.0 Å². The van der Waals surface area contributed by atoms with Crippen LogP contribution in [0.25, 0.3) is 5.69 Å². The number of nitrogens with two attached hydrogens (primary N) is 1. The van der Waals surface area contributed by atoms with Gasteiger partial charge in [0.1, 0.15) is 17.5 Å². The Balaban J connectivity index is 0.00000544. The van der Waals surface area contributed by atoms with Gasteiger partial charge in [0.05, 0.1) is 11.4 Å². The van der Waals surface area contributed by atoms with Gasteiger partial charge in [-0.25, -0.2) is 4.68 Å². The molecule has 2 aromatic rings. The minimum atomic E-state index is 0. The van der Waals surface area contributed by atoms with E-state index in [0.29, 0.717) is 48.4 Å². The van der Waals surface area contributed by atoms with Gasteiger partial charge in [0.2, 0.25) is 0 Å². The number of aliphatic hydroxyl groups excluding tert-OH is 1. The number of hydrogen-bond donors (Lipinski definition) is 4. The Kier molecular flexibility index (Phi) is 13.5. The van der Waals surface area contributed by atoms with Crippen LogP contribution in [0.2, 0.25) is 0 Å². The van der Waals surface area contributed by atoms with Crippen molar-refractivity contribution in [2.45, 2.75) is 46.5 Å². The number of benzene rings is 1. The molecule has 182 valence electrons. The molecular formula is C24H38IN7O. The van der Waals surface area contributed by atoms with Crippen molar-refractivity contribution in [1.82, 2.24) is 20.4 Å². The van der Waals surface area contributed by atoms with Crippen LogP contribution >= 0.6 is 24.0 Å². The predicted octanol–water partition coefficient (Wildman–Crippen LogP) is 3.48. The van der Waals surface area contributed by atoms with Crippen LogP contribution in [0.3, 0.4) is 0 Å². The Morgan fingerprint density at radius 2 is 2.00 bits per heavy atom. The fraction of sp³-hybridized carbons (Fsp3) is 0.542. The van der Waals surface area contributed by atoms with Gasteiger partial charge in [-0.1, -0.05) is 32.0 Å². The molecule has 0 saturated carbocycles. The first-order valence-electron chi connectivity index (χ1n) is 11.5. The molecule has 9 heteroatoms. The number of nitriles is 1. The topological polar surface area (TPSA) is 124 Å². The maximum atomic E-state index is 9.56. The molecule has 0 spiro atoms. The summed E-state index contributed by atoms with van der Waals surface area (Å²) in [6.45, 7) is 8.77. The Labute approximate surface area is 214 Å². The van der Waals surface area contributed by atoms with E-state index in [2.05, 4.69) is 35.6 Å². The van der Waals surface area contributed by atoms with Crippen LogP contribution in [0.1, 0.15) is 51.3 Å². The molecule has 1 unspecified atom stereocenters. The second-order valence-corrected chi connectivity index (χ2v) is 8.32. The van der Waals surface area contributed by atoms with E-state index < -0.39 is 0 Å². The largest absolute Gasteiger partial charge is 0.396 e. The summed E-state index contributed by atoms with van der Waals surface area (Å²) >= 11 is 0. The summed E-state index contributed by atoms with van der Waals surface area (Å²) in [7, 11) is 0. The highest BCUT2D eigenvalue weighted by Gasteiger charge is 2.16. The third-order valence-electron chi connectivity index (χ3n) is 5.18. The molecule has 1 aromatic heterocycles. The number of halogens is 1. The highest BCUT2D eigenvalue weighted by Crippen LogP contribution is 2.21. The molecule has 0 amide bonds. The van der Waals surface area contributed by atoms with Gasteiger partial charge in [0, 0.05) is 26.2 Å². The number of nitrogens with zero attached hydrogens (tertiary/aromatic N) is 4. The number of aryl methyl sites for hydroxylation is 1. The molecule has 1 heterocycles. The number of anilines is 1. The minimum absolute atomic E-state index is 0. The summed E-state index contributed by atoms with van der Waals surface area (Å²) in [5.41, 5.74) is 8.17. The fourth-order valence-electron chi connectivity index (χ4n) is 3.70. The number of aliphatic hydroxyl groups is 1. The van der Waals surface area contributed by atoms with Crippen LogP contribution in [0.15, 0.2) is 35.3 Å². The van der Waals surface area contributed by atoms with Crippen molar-refractivity contribution >= 4 is 35.8 Å². The van der Waals surface area contributed by atoms with Crippen LogP contribution < -0.4 is 16.4 Å². The highest BCUT2D eigenvalue weighted by molar-refractivity contribution is 14.0. The van der Waals surface area contributed by atoms with Crippen molar-refractivity contribution in [2.75, 3.05) is 32.0 Å². The van der Waals surface area contributed by atoms with E-state index in [4.69, 9.17) is 10.7 Å². The quantitative estimate of drug-likeness (QED) is 0.135. The molecule has 0 aliphatic rings. The summed E-state index contributed by atoms with van der Waals surface area (Å²) in [5.74, 6) is 2.10. The normalized spacial score (nSPS) is 12.2. The van der Waals surface area contributed by atoms with Gasteiger partial charge >= 0.3 is 0 Å². The number of aromatic nitrogens is 2. The number of aliphatic imine (C=N–C) groups is 1. The van der Waals surface area contributed by atoms with Crippen molar-refractivity contribution in [3.8, 4) is 11.8 Å². The molecule has 33 heavy (non-hydrogen) atoms. The average Bonchev–Trinajstić information content (AvgIpc) is 3.10. The summed E-state index contributed by atoms with van der Waals surface area (Å²) in [6.07, 6.45) is 3.24. The third kappa shape index (κ3) is 9.21. The number of guanidine groups is 1. The van der Waals surface area contributed by atoms with E-state index in [1.807, 2.05) is 37.3 Å². The molecule has 0 aliphatic heterocycles. The Hall–Kier alpha value is -2.32. The average molecular weight is 568 g/mol.